The molecule has 144 valence electrons. The minimum Gasteiger partial charge on any atom is -0.371 e. The van der Waals surface area contributed by atoms with Crippen molar-refractivity contribution in [2.75, 3.05) is 29.9 Å². The van der Waals surface area contributed by atoms with Crippen molar-refractivity contribution in [2.24, 2.45) is 7.05 Å². The molecule has 0 spiro atoms. The van der Waals surface area contributed by atoms with Crippen LogP contribution in [0, 0.1) is 13.8 Å². The topological polar surface area (TPSA) is 41.4 Å². The summed E-state index contributed by atoms with van der Waals surface area (Å²) in [6.45, 7) is 5.85. The number of nitrogens with zero attached hydrogens (tertiary/aromatic N) is 4. The summed E-state index contributed by atoms with van der Waals surface area (Å²) >= 11 is 0. The van der Waals surface area contributed by atoms with Gasteiger partial charge < -0.3 is 14.4 Å². The van der Waals surface area contributed by atoms with Gasteiger partial charge in [0.15, 0.2) is 0 Å². The fourth-order valence-corrected chi connectivity index (χ4v) is 4.37. The Morgan fingerprint density at radius 3 is 2.50 bits per heavy atom. The number of rotatable bonds is 2. The van der Waals surface area contributed by atoms with E-state index in [4.69, 9.17) is 4.98 Å². The number of benzene rings is 1. The minimum absolute atomic E-state index is 0.0681. The molecule has 3 heterocycles. The average molecular weight is 374 g/mol. The first kappa shape index (κ1) is 17.3. The van der Waals surface area contributed by atoms with Crippen molar-refractivity contribution in [2.45, 2.75) is 32.6 Å². The van der Waals surface area contributed by atoms with Crippen molar-refractivity contribution in [3.8, 4) is 0 Å². The number of aryl methyl sites for hydroxylation is 3. The van der Waals surface area contributed by atoms with Crippen LogP contribution in [-0.2, 0) is 7.05 Å². The third-order valence-corrected chi connectivity index (χ3v) is 6.18. The molecule has 0 unspecified atom stereocenters. The number of likely N-dealkylation sites (N-methyl/N-ethyl adjacent to an activating group) is 1. The molecule has 2 aromatic heterocycles. The van der Waals surface area contributed by atoms with Crippen molar-refractivity contribution in [1.82, 2.24) is 9.55 Å². The van der Waals surface area contributed by atoms with Gasteiger partial charge in [-0.15, -0.1) is 0 Å². The molecule has 5 nitrogen and oxygen atoms in total. The highest BCUT2D eigenvalue weighted by molar-refractivity contribution is 5.97. The highest BCUT2D eigenvalue weighted by Gasteiger charge is 2.29. The lowest BCUT2D eigenvalue weighted by Gasteiger charge is -2.37. The van der Waals surface area contributed by atoms with Crippen LogP contribution in [0.2, 0.25) is 0 Å². The van der Waals surface area contributed by atoms with Gasteiger partial charge in [0.2, 0.25) is 0 Å². The van der Waals surface area contributed by atoms with E-state index >= 15 is 0 Å². The summed E-state index contributed by atoms with van der Waals surface area (Å²) < 4.78 is 1.77. The van der Waals surface area contributed by atoms with Crippen LogP contribution in [0.15, 0.2) is 35.3 Å². The average Bonchev–Trinajstić information content (AvgIpc) is 3.52. The summed E-state index contributed by atoms with van der Waals surface area (Å²) in [5.41, 5.74) is 7.76. The fourth-order valence-electron chi connectivity index (χ4n) is 4.37. The van der Waals surface area contributed by atoms with E-state index in [9.17, 15) is 4.79 Å². The molecule has 0 radical (unpaired) electrons. The Morgan fingerprint density at radius 2 is 1.75 bits per heavy atom. The zero-order valence-corrected chi connectivity index (χ0v) is 17.0. The predicted octanol–water partition coefficient (Wildman–Crippen LogP) is 4.02. The standard InChI is InChI=1S/C23H26N4O/c1-14-9-19-17(11-15(2)23(28)26(19)4)20(10-14)27-8-7-25(3)21-12-18(16-5-6-16)24-13-22(21)27/h9-13,16H,5-8H2,1-4H3. The van der Waals surface area contributed by atoms with Crippen molar-refractivity contribution < 1.29 is 0 Å². The van der Waals surface area contributed by atoms with E-state index in [-0.39, 0.29) is 5.56 Å². The molecule has 1 fully saturated rings. The van der Waals surface area contributed by atoms with Gasteiger partial charge in [0.1, 0.15) is 0 Å². The lowest BCUT2D eigenvalue weighted by molar-refractivity contribution is 0.814. The Balaban J connectivity index is 1.73. The van der Waals surface area contributed by atoms with Gasteiger partial charge in [-0.3, -0.25) is 9.78 Å². The van der Waals surface area contributed by atoms with Crippen LogP contribution in [-0.4, -0.2) is 29.7 Å². The molecule has 3 aromatic rings. The first-order valence-electron chi connectivity index (χ1n) is 10.0. The number of hydrogen-bond donors (Lipinski definition) is 0. The number of hydrogen-bond acceptors (Lipinski definition) is 4. The van der Waals surface area contributed by atoms with Gasteiger partial charge >= 0.3 is 0 Å². The number of fused-ring (bicyclic) bond motifs is 2. The normalized spacial score (nSPS) is 16.6. The van der Waals surface area contributed by atoms with Crippen molar-refractivity contribution in [3.63, 3.8) is 0 Å². The molecule has 0 atom stereocenters. The smallest absolute Gasteiger partial charge is 0.253 e. The van der Waals surface area contributed by atoms with Gasteiger partial charge in [-0.1, -0.05) is 0 Å². The monoisotopic (exact) mass is 374 g/mol. The van der Waals surface area contributed by atoms with E-state index in [0.29, 0.717) is 5.92 Å². The number of aromatic nitrogens is 2. The van der Waals surface area contributed by atoms with E-state index in [1.807, 2.05) is 26.2 Å². The van der Waals surface area contributed by atoms with Gasteiger partial charge in [-0.2, -0.15) is 0 Å². The molecule has 0 saturated heterocycles. The third kappa shape index (κ3) is 2.60. The van der Waals surface area contributed by atoms with Crippen LogP contribution in [0.1, 0.15) is 35.6 Å². The second-order valence-corrected chi connectivity index (χ2v) is 8.35. The van der Waals surface area contributed by atoms with E-state index < -0.39 is 0 Å². The maximum atomic E-state index is 12.5. The summed E-state index contributed by atoms with van der Waals surface area (Å²) in [6, 6.07) is 8.65. The Morgan fingerprint density at radius 1 is 0.964 bits per heavy atom. The molecule has 0 N–H and O–H groups in total. The molecule has 5 heteroatoms. The van der Waals surface area contributed by atoms with Gasteiger partial charge in [-0.25, -0.2) is 0 Å². The van der Waals surface area contributed by atoms with Gasteiger partial charge in [0.05, 0.1) is 28.8 Å². The minimum atomic E-state index is 0.0681. The van der Waals surface area contributed by atoms with Crippen LogP contribution in [0.4, 0.5) is 17.1 Å². The molecule has 2 aliphatic rings. The van der Waals surface area contributed by atoms with Crippen LogP contribution >= 0.6 is 0 Å². The van der Waals surface area contributed by atoms with Crippen molar-refractivity contribution >= 4 is 28.0 Å². The summed E-state index contributed by atoms with van der Waals surface area (Å²) in [5, 5.41) is 1.12. The Kier molecular flexibility index (Phi) is 3.76. The van der Waals surface area contributed by atoms with Gasteiger partial charge in [-0.05, 0) is 56.5 Å². The Labute approximate surface area is 165 Å². The molecule has 1 aliphatic carbocycles. The lowest BCUT2D eigenvalue weighted by Crippen LogP contribution is -2.37. The Bertz CT molecular complexity index is 1160. The van der Waals surface area contributed by atoms with E-state index in [2.05, 4.69) is 42.0 Å². The zero-order chi connectivity index (χ0) is 19.6. The number of pyridine rings is 2. The summed E-state index contributed by atoms with van der Waals surface area (Å²) in [5.74, 6) is 0.644. The molecular formula is C23H26N4O. The maximum absolute atomic E-state index is 12.5. The molecular weight excluding hydrogens is 348 g/mol. The maximum Gasteiger partial charge on any atom is 0.253 e. The molecule has 0 amide bonds. The zero-order valence-electron chi connectivity index (χ0n) is 17.0. The third-order valence-electron chi connectivity index (χ3n) is 6.18. The van der Waals surface area contributed by atoms with E-state index in [1.165, 1.54) is 24.2 Å². The van der Waals surface area contributed by atoms with Crippen LogP contribution in [0.3, 0.4) is 0 Å². The highest BCUT2D eigenvalue weighted by Crippen LogP contribution is 2.44. The molecule has 1 aliphatic heterocycles. The molecule has 28 heavy (non-hydrogen) atoms. The second kappa shape index (κ2) is 6.09. The van der Waals surface area contributed by atoms with E-state index in [0.717, 1.165) is 46.5 Å². The summed E-state index contributed by atoms with van der Waals surface area (Å²) in [7, 11) is 4.03. The van der Waals surface area contributed by atoms with Crippen LogP contribution in [0.25, 0.3) is 10.9 Å². The molecule has 1 aromatic carbocycles. The second-order valence-electron chi connectivity index (χ2n) is 8.35. The molecule has 1 saturated carbocycles. The van der Waals surface area contributed by atoms with Crippen molar-refractivity contribution in [3.05, 3.63) is 57.6 Å². The summed E-state index contributed by atoms with van der Waals surface area (Å²) in [6.07, 6.45) is 4.56. The quantitative estimate of drug-likeness (QED) is 0.679. The van der Waals surface area contributed by atoms with Crippen LogP contribution < -0.4 is 15.4 Å². The first-order chi connectivity index (χ1) is 13.4. The fraction of sp³-hybridized carbons (Fsp3) is 0.391. The van der Waals surface area contributed by atoms with E-state index in [1.54, 1.807) is 4.57 Å². The Hall–Kier alpha value is -2.82. The largest absolute Gasteiger partial charge is 0.371 e. The van der Waals surface area contributed by atoms with Gasteiger partial charge in [0.25, 0.3) is 5.56 Å². The first-order valence-corrected chi connectivity index (χ1v) is 10.0. The van der Waals surface area contributed by atoms with Crippen molar-refractivity contribution in [1.29, 1.82) is 0 Å². The lowest BCUT2D eigenvalue weighted by atomic mass is 10.0. The number of anilines is 3. The van der Waals surface area contributed by atoms with Crippen LogP contribution in [0.5, 0.6) is 0 Å². The molecule has 5 rings (SSSR count). The summed E-state index contributed by atoms with van der Waals surface area (Å²) in [4.78, 5) is 22.0. The highest BCUT2D eigenvalue weighted by atomic mass is 16.1. The van der Waals surface area contributed by atoms with Gasteiger partial charge in [0, 0.05) is 49.7 Å². The SMILES string of the molecule is Cc1cc(N2CCN(C)c3cc(C4CC4)ncc32)c2cc(C)c(=O)n(C)c2c1. The predicted molar refractivity (Wildman–Crippen MR) is 115 cm³/mol. The molecule has 0 bridgehead atoms.